The van der Waals surface area contributed by atoms with Crippen LogP contribution >= 0.6 is 0 Å². The molecule has 1 atom stereocenters. The van der Waals surface area contributed by atoms with Crippen LogP contribution in [0.2, 0.25) is 0 Å². The molecular formula is C12H21N3O2. The van der Waals surface area contributed by atoms with Gasteiger partial charge in [-0.2, -0.15) is 0 Å². The second-order valence-corrected chi connectivity index (χ2v) is 4.58. The van der Waals surface area contributed by atoms with Crippen molar-refractivity contribution in [3.05, 3.63) is 18.2 Å². The minimum absolute atomic E-state index is 0.180. The lowest BCUT2D eigenvalue weighted by molar-refractivity contribution is -0.0864. The molecule has 0 amide bonds. The van der Waals surface area contributed by atoms with Gasteiger partial charge in [-0.1, -0.05) is 0 Å². The molecule has 0 spiro atoms. The first kappa shape index (κ1) is 12.5. The number of nitrogens with one attached hydrogen (secondary N) is 1. The molecule has 1 saturated heterocycles. The van der Waals surface area contributed by atoms with Crippen molar-refractivity contribution in [3.63, 3.8) is 0 Å². The Morgan fingerprint density at radius 2 is 2.41 bits per heavy atom. The molecule has 1 unspecified atom stereocenters. The van der Waals surface area contributed by atoms with Gasteiger partial charge in [0.15, 0.2) is 0 Å². The molecule has 1 aromatic heterocycles. The molecule has 2 rings (SSSR count). The first-order valence-corrected chi connectivity index (χ1v) is 6.18. The Hall–Kier alpha value is -0.910. The Labute approximate surface area is 102 Å². The molecular weight excluding hydrogens is 218 g/mol. The molecule has 0 aromatic carbocycles. The van der Waals surface area contributed by atoms with E-state index in [1.807, 2.05) is 12.5 Å². The van der Waals surface area contributed by atoms with Gasteiger partial charge in [-0.25, -0.2) is 4.98 Å². The predicted molar refractivity (Wildman–Crippen MR) is 64.9 cm³/mol. The van der Waals surface area contributed by atoms with Gasteiger partial charge in [0.25, 0.3) is 0 Å². The lowest BCUT2D eigenvalue weighted by Gasteiger charge is -2.23. The van der Waals surface area contributed by atoms with Crippen LogP contribution in [0.5, 0.6) is 0 Å². The Morgan fingerprint density at radius 3 is 3.12 bits per heavy atom. The fraction of sp³-hybridized carbons (Fsp3) is 0.750. The maximum atomic E-state index is 5.57. The van der Waals surface area contributed by atoms with Crippen LogP contribution in [0.1, 0.15) is 25.6 Å². The zero-order valence-corrected chi connectivity index (χ0v) is 10.6. The maximum absolute atomic E-state index is 5.57. The SMILES string of the molecule is CC(C)n1cncc1CNCC1COCCO1. The van der Waals surface area contributed by atoms with E-state index < -0.39 is 0 Å². The summed E-state index contributed by atoms with van der Waals surface area (Å²) in [5.41, 5.74) is 1.21. The molecule has 5 heteroatoms. The highest BCUT2D eigenvalue weighted by molar-refractivity contribution is 4.99. The number of imidazole rings is 1. The summed E-state index contributed by atoms with van der Waals surface area (Å²) >= 11 is 0. The van der Waals surface area contributed by atoms with Gasteiger partial charge in [0.2, 0.25) is 0 Å². The predicted octanol–water partition coefficient (Wildman–Crippen LogP) is 0.969. The standard InChI is InChI=1S/C12H21N3O2/c1-10(2)15-9-14-6-11(15)5-13-7-12-8-16-3-4-17-12/h6,9-10,12-13H,3-5,7-8H2,1-2H3. The third kappa shape index (κ3) is 3.52. The van der Waals surface area contributed by atoms with Gasteiger partial charge in [-0.05, 0) is 13.8 Å². The number of nitrogens with zero attached hydrogens (tertiary/aromatic N) is 2. The van der Waals surface area contributed by atoms with Crippen LogP contribution in [0.25, 0.3) is 0 Å². The average molecular weight is 239 g/mol. The Morgan fingerprint density at radius 1 is 1.53 bits per heavy atom. The highest BCUT2D eigenvalue weighted by atomic mass is 16.6. The zero-order valence-electron chi connectivity index (χ0n) is 10.6. The van der Waals surface area contributed by atoms with Crippen molar-refractivity contribution in [2.45, 2.75) is 32.5 Å². The minimum Gasteiger partial charge on any atom is -0.376 e. The fourth-order valence-electron chi connectivity index (χ4n) is 1.95. The molecule has 0 aliphatic carbocycles. The Bertz CT molecular complexity index is 332. The normalized spacial score (nSPS) is 21.0. The van der Waals surface area contributed by atoms with Gasteiger partial charge in [-0.3, -0.25) is 0 Å². The van der Waals surface area contributed by atoms with Gasteiger partial charge in [0.1, 0.15) is 0 Å². The summed E-state index contributed by atoms with van der Waals surface area (Å²) in [7, 11) is 0. The van der Waals surface area contributed by atoms with Crippen molar-refractivity contribution in [2.75, 3.05) is 26.4 Å². The monoisotopic (exact) mass is 239 g/mol. The van der Waals surface area contributed by atoms with E-state index in [2.05, 4.69) is 28.7 Å². The molecule has 1 aromatic rings. The van der Waals surface area contributed by atoms with E-state index in [9.17, 15) is 0 Å². The average Bonchev–Trinajstić information content (AvgIpc) is 2.79. The van der Waals surface area contributed by atoms with E-state index in [1.165, 1.54) is 5.69 Å². The molecule has 17 heavy (non-hydrogen) atoms. The van der Waals surface area contributed by atoms with E-state index in [0.29, 0.717) is 19.3 Å². The summed E-state index contributed by atoms with van der Waals surface area (Å²) in [6.45, 7) is 8.07. The van der Waals surface area contributed by atoms with Crippen LogP contribution < -0.4 is 5.32 Å². The van der Waals surface area contributed by atoms with E-state index in [4.69, 9.17) is 9.47 Å². The van der Waals surface area contributed by atoms with Gasteiger partial charge in [-0.15, -0.1) is 0 Å². The largest absolute Gasteiger partial charge is 0.376 e. The lowest BCUT2D eigenvalue weighted by atomic mass is 10.3. The van der Waals surface area contributed by atoms with Gasteiger partial charge < -0.3 is 19.4 Å². The molecule has 5 nitrogen and oxygen atoms in total. The van der Waals surface area contributed by atoms with Crippen molar-refractivity contribution in [3.8, 4) is 0 Å². The van der Waals surface area contributed by atoms with Crippen LogP contribution in [0, 0.1) is 0 Å². The molecule has 1 fully saturated rings. The number of ether oxygens (including phenoxy) is 2. The van der Waals surface area contributed by atoms with Crippen molar-refractivity contribution in [1.29, 1.82) is 0 Å². The van der Waals surface area contributed by atoms with E-state index >= 15 is 0 Å². The van der Waals surface area contributed by atoms with Gasteiger partial charge >= 0.3 is 0 Å². The number of aromatic nitrogens is 2. The molecule has 0 saturated carbocycles. The van der Waals surface area contributed by atoms with Gasteiger partial charge in [0, 0.05) is 25.3 Å². The molecule has 1 aliphatic heterocycles. The molecule has 96 valence electrons. The zero-order chi connectivity index (χ0) is 12.1. The van der Waals surface area contributed by atoms with Crippen molar-refractivity contribution >= 4 is 0 Å². The maximum Gasteiger partial charge on any atom is 0.0951 e. The first-order valence-electron chi connectivity index (χ1n) is 6.18. The third-order valence-electron chi connectivity index (χ3n) is 2.87. The number of hydrogen-bond acceptors (Lipinski definition) is 4. The highest BCUT2D eigenvalue weighted by Gasteiger charge is 2.14. The summed E-state index contributed by atoms with van der Waals surface area (Å²) in [4.78, 5) is 4.18. The van der Waals surface area contributed by atoms with Crippen LogP contribution in [0.15, 0.2) is 12.5 Å². The topological polar surface area (TPSA) is 48.3 Å². The van der Waals surface area contributed by atoms with Crippen molar-refractivity contribution < 1.29 is 9.47 Å². The summed E-state index contributed by atoms with van der Waals surface area (Å²) in [6.07, 6.45) is 3.96. The molecule has 1 aliphatic rings. The summed E-state index contributed by atoms with van der Waals surface area (Å²) in [5.74, 6) is 0. The van der Waals surface area contributed by atoms with E-state index in [1.54, 1.807) is 0 Å². The highest BCUT2D eigenvalue weighted by Crippen LogP contribution is 2.08. The smallest absolute Gasteiger partial charge is 0.0951 e. The third-order valence-corrected chi connectivity index (χ3v) is 2.87. The van der Waals surface area contributed by atoms with Crippen molar-refractivity contribution in [2.24, 2.45) is 0 Å². The van der Waals surface area contributed by atoms with E-state index in [0.717, 1.165) is 19.7 Å². The van der Waals surface area contributed by atoms with Crippen LogP contribution in [0.3, 0.4) is 0 Å². The second kappa shape index (κ2) is 6.14. The number of hydrogen-bond donors (Lipinski definition) is 1. The summed E-state index contributed by atoms with van der Waals surface area (Å²) < 4.78 is 13.1. The first-order chi connectivity index (χ1) is 8.27. The number of rotatable bonds is 5. The molecule has 0 radical (unpaired) electrons. The minimum atomic E-state index is 0.180. The fourth-order valence-corrected chi connectivity index (χ4v) is 1.95. The second-order valence-electron chi connectivity index (χ2n) is 4.58. The quantitative estimate of drug-likeness (QED) is 0.831. The Kier molecular flexibility index (Phi) is 4.53. The molecule has 1 N–H and O–H groups in total. The summed E-state index contributed by atoms with van der Waals surface area (Å²) in [5, 5.41) is 3.39. The van der Waals surface area contributed by atoms with Crippen LogP contribution in [-0.2, 0) is 16.0 Å². The Balaban J connectivity index is 1.75. The molecule has 0 bridgehead atoms. The van der Waals surface area contributed by atoms with Gasteiger partial charge in [0.05, 0.1) is 37.9 Å². The lowest BCUT2D eigenvalue weighted by Crippen LogP contribution is -2.37. The molecule has 2 heterocycles. The summed E-state index contributed by atoms with van der Waals surface area (Å²) in [6, 6.07) is 0.448. The van der Waals surface area contributed by atoms with Crippen LogP contribution in [0.4, 0.5) is 0 Å². The van der Waals surface area contributed by atoms with Crippen LogP contribution in [-0.4, -0.2) is 42.0 Å². The van der Waals surface area contributed by atoms with E-state index in [-0.39, 0.29) is 6.10 Å². The van der Waals surface area contributed by atoms with Crippen molar-refractivity contribution in [1.82, 2.24) is 14.9 Å².